The molecule has 8 heteroatoms. The number of aromatic nitrogens is 1. The summed E-state index contributed by atoms with van der Waals surface area (Å²) in [5.41, 5.74) is -1.00. The van der Waals surface area contributed by atoms with Crippen molar-refractivity contribution in [2.24, 2.45) is 0 Å². The van der Waals surface area contributed by atoms with E-state index >= 15 is 0 Å². The van der Waals surface area contributed by atoms with Gasteiger partial charge in [0, 0.05) is 16.7 Å². The van der Waals surface area contributed by atoms with E-state index in [4.69, 9.17) is 5.11 Å². The summed E-state index contributed by atoms with van der Waals surface area (Å²) in [5.74, 6) is -4.07. The Kier molecular flexibility index (Phi) is 4.27. The summed E-state index contributed by atoms with van der Waals surface area (Å²) in [5, 5.41) is 11.1. The summed E-state index contributed by atoms with van der Waals surface area (Å²) < 4.78 is 26.6. The van der Waals surface area contributed by atoms with Crippen molar-refractivity contribution in [1.29, 1.82) is 0 Å². The summed E-state index contributed by atoms with van der Waals surface area (Å²) in [6, 6.07) is 4.11. The van der Waals surface area contributed by atoms with Crippen LogP contribution in [0.25, 0.3) is 0 Å². The van der Waals surface area contributed by atoms with Crippen LogP contribution in [0.4, 0.5) is 14.5 Å². The molecule has 0 atom stereocenters. The number of carbonyl (C=O) groups is 2. The van der Waals surface area contributed by atoms with E-state index in [1.54, 1.807) is 0 Å². The van der Waals surface area contributed by atoms with E-state index in [1.165, 1.54) is 18.3 Å². The molecule has 1 heterocycles. The van der Waals surface area contributed by atoms with Gasteiger partial charge < -0.3 is 10.4 Å². The Morgan fingerprint density at radius 2 is 2.00 bits per heavy atom. The fourth-order valence-corrected chi connectivity index (χ4v) is 2.10. The van der Waals surface area contributed by atoms with Crippen LogP contribution in [0.5, 0.6) is 0 Å². The smallest absolute Gasteiger partial charge is 0.338 e. The quantitative estimate of drug-likeness (QED) is 0.885. The zero-order valence-corrected chi connectivity index (χ0v) is 11.8. The second kappa shape index (κ2) is 5.96. The third-order valence-corrected chi connectivity index (χ3v) is 3.12. The van der Waals surface area contributed by atoms with Gasteiger partial charge in [0.1, 0.15) is 11.5 Å². The molecular weight excluding hydrogens is 350 g/mol. The second-order valence-electron chi connectivity index (χ2n) is 3.90. The summed E-state index contributed by atoms with van der Waals surface area (Å²) in [7, 11) is 0. The summed E-state index contributed by atoms with van der Waals surface area (Å²) in [6.07, 6.45) is 1.23. The number of hydrogen-bond donors (Lipinski definition) is 2. The van der Waals surface area contributed by atoms with E-state index in [-0.39, 0.29) is 21.4 Å². The first kappa shape index (κ1) is 15.0. The highest BCUT2D eigenvalue weighted by Gasteiger charge is 2.20. The molecule has 2 N–H and O–H groups in total. The molecule has 108 valence electrons. The van der Waals surface area contributed by atoms with Crippen LogP contribution in [-0.2, 0) is 0 Å². The average Bonchev–Trinajstić information content (AvgIpc) is 2.42. The van der Waals surface area contributed by atoms with Gasteiger partial charge in [-0.2, -0.15) is 0 Å². The van der Waals surface area contributed by atoms with Gasteiger partial charge in [0.25, 0.3) is 5.91 Å². The minimum atomic E-state index is -1.34. The van der Waals surface area contributed by atoms with Crippen molar-refractivity contribution in [3.05, 3.63) is 57.8 Å². The predicted molar refractivity (Wildman–Crippen MR) is 73.2 cm³/mol. The lowest BCUT2D eigenvalue weighted by Crippen LogP contribution is -2.19. The SMILES string of the molecule is O=C(O)c1cccnc1C(=O)Nc1c(F)cc(F)cc1Br. The number of benzene rings is 1. The maximum absolute atomic E-state index is 13.6. The lowest BCUT2D eigenvalue weighted by atomic mass is 10.2. The molecule has 0 fully saturated rings. The van der Waals surface area contributed by atoms with Gasteiger partial charge in [-0.3, -0.25) is 9.78 Å². The zero-order chi connectivity index (χ0) is 15.6. The molecule has 2 aromatic rings. The maximum atomic E-state index is 13.6. The van der Waals surface area contributed by atoms with Crippen LogP contribution in [0.15, 0.2) is 34.9 Å². The van der Waals surface area contributed by atoms with Gasteiger partial charge in [-0.15, -0.1) is 0 Å². The molecule has 2 rings (SSSR count). The van der Waals surface area contributed by atoms with Gasteiger partial charge in [-0.05, 0) is 34.1 Å². The van der Waals surface area contributed by atoms with Crippen LogP contribution in [-0.4, -0.2) is 22.0 Å². The summed E-state index contributed by atoms with van der Waals surface area (Å²) >= 11 is 2.91. The third kappa shape index (κ3) is 3.22. The molecule has 1 aromatic carbocycles. The Hall–Kier alpha value is -2.35. The van der Waals surface area contributed by atoms with E-state index in [0.29, 0.717) is 6.07 Å². The maximum Gasteiger partial charge on any atom is 0.338 e. The predicted octanol–water partition coefficient (Wildman–Crippen LogP) is 3.07. The number of anilines is 1. The van der Waals surface area contributed by atoms with Crippen molar-refractivity contribution in [2.45, 2.75) is 0 Å². The number of carbonyl (C=O) groups excluding carboxylic acids is 1. The number of carboxylic acids is 1. The Bertz CT molecular complexity index is 714. The van der Waals surface area contributed by atoms with Crippen molar-refractivity contribution >= 4 is 33.5 Å². The highest BCUT2D eigenvalue weighted by Crippen LogP contribution is 2.27. The van der Waals surface area contributed by atoms with Crippen LogP contribution in [0, 0.1) is 11.6 Å². The highest BCUT2D eigenvalue weighted by atomic mass is 79.9. The molecular formula is C13H7BrF2N2O3. The van der Waals surface area contributed by atoms with E-state index in [0.717, 1.165) is 6.07 Å². The number of pyridine rings is 1. The van der Waals surface area contributed by atoms with Gasteiger partial charge in [-0.1, -0.05) is 0 Å². The minimum Gasteiger partial charge on any atom is -0.478 e. The van der Waals surface area contributed by atoms with Crippen molar-refractivity contribution in [1.82, 2.24) is 4.98 Å². The van der Waals surface area contributed by atoms with Crippen molar-refractivity contribution in [3.63, 3.8) is 0 Å². The Balaban J connectivity index is 2.38. The Morgan fingerprint density at radius 1 is 1.29 bits per heavy atom. The normalized spacial score (nSPS) is 10.2. The average molecular weight is 357 g/mol. The van der Waals surface area contributed by atoms with Gasteiger partial charge >= 0.3 is 5.97 Å². The molecule has 5 nitrogen and oxygen atoms in total. The Labute approximate surface area is 125 Å². The molecule has 0 aliphatic carbocycles. The van der Waals surface area contributed by atoms with Crippen LogP contribution in [0.1, 0.15) is 20.8 Å². The van der Waals surface area contributed by atoms with Crippen LogP contribution in [0.2, 0.25) is 0 Å². The second-order valence-corrected chi connectivity index (χ2v) is 4.76. The molecule has 0 aliphatic rings. The van der Waals surface area contributed by atoms with E-state index in [2.05, 4.69) is 26.2 Å². The lowest BCUT2D eigenvalue weighted by molar-refractivity contribution is 0.0691. The van der Waals surface area contributed by atoms with Gasteiger partial charge in [-0.25, -0.2) is 13.6 Å². The van der Waals surface area contributed by atoms with Crippen LogP contribution >= 0.6 is 15.9 Å². The summed E-state index contributed by atoms with van der Waals surface area (Å²) in [4.78, 5) is 26.7. The number of nitrogens with one attached hydrogen (secondary N) is 1. The van der Waals surface area contributed by atoms with E-state index < -0.39 is 23.5 Å². The van der Waals surface area contributed by atoms with Crippen molar-refractivity contribution in [3.8, 4) is 0 Å². The van der Waals surface area contributed by atoms with Gasteiger partial charge in [0.2, 0.25) is 0 Å². The number of carboxylic acid groups (broad SMARTS) is 1. The first-order chi connectivity index (χ1) is 9.90. The first-order valence-electron chi connectivity index (χ1n) is 5.54. The molecule has 0 saturated heterocycles. The standard InChI is InChI=1S/C13H7BrF2N2O3/c14-8-4-6(15)5-9(16)11(8)18-12(19)10-7(13(20)21)2-1-3-17-10/h1-5H,(H,18,19)(H,20,21). The minimum absolute atomic E-state index is 0.0128. The lowest BCUT2D eigenvalue weighted by Gasteiger charge is -2.09. The number of halogens is 3. The first-order valence-corrected chi connectivity index (χ1v) is 6.33. The van der Waals surface area contributed by atoms with Crippen molar-refractivity contribution < 1.29 is 23.5 Å². The number of nitrogens with zero attached hydrogens (tertiary/aromatic N) is 1. The number of rotatable bonds is 3. The zero-order valence-electron chi connectivity index (χ0n) is 10.2. The number of aromatic carboxylic acids is 1. The number of amides is 1. The van der Waals surface area contributed by atoms with Crippen LogP contribution in [0.3, 0.4) is 0 Å². The molecule has 0 saturated carbocycles. The number of hydrogen-bond acceptors (Lipinski definition) is 3. The largest absolute Gasteiger partial charge is 0.478 e. The molecule has 1 aromatic heterocycles. The monoisotopic (exact) mass is 356 g/mol. The van der Waals surface area contributed by atoms with E-state index in [1.807, 2.05) is 0 Å². The fraction of sp³-hybridized carbons (Fsp3) is 0. The Morgan fingerprint density at radius 3 is 2.62 bits per heavy atom. The van der Waals surface area contributed by atoms with E-state index in [9.17, 15) is 18.4 Å². The van der Waals surface area contributed by atoms with Crippen molar-refractivity contribution in [2.75, 3.05) is 5.32 Å². The molecule has 0 spiro atoms. The van der Waals surface area contributed by atoms with Gasteiger partial charge in [0.15, 0.2) is 5.82 Å². The molecule has 0 unspecified atom stereocenters. The van der Waals surface area contributed by atoms with Gasteiger partial charge in [0.05, 0.1) is 11.3 Å². The molecule has 0 bridgehead atoms. The van der Waals surface area contributed by atoms with Crippen LogP contribution < -0.4 is 5.32 Å². The fourth-order valence-electron chi connectivity index (χ4n) is 1.59. The molecule has 21 heavy (non-hydrogen) atoms. The molecule has 0 aliphatic heterocycles. The summed E-state index contributed by atoms with van der Waals surface area (Å²) in [6.45, 7) is 0. The highest BCUT2D eigenvalue weighted by molar-refractivity contribution is 9.10. The third-order valence-electron chi connectivity index (χ3n) is 2.50. The molecule has 0 radical (unpaired) electrons. The molecule has 1 amide bonds. The topological polar surface area (TPSA) is 79.3 Å².